The van der Waals surface area contributed by atoms with Gasteiger partial charge < -0.3 is 9.84 Å². The molecule has 1 N–H and O–H groups in total. The van der Waals surface area contributed by atoms with Crippen molar-refractivity contribution in [2.75, 3.05) is 19.6 Å². The lowest BCUT2D eigenvalue weighted by molar-refractivity contribution is -0.184. The Kier molecular flexibility index (Phi) is 9.22. The van der Waals surface area contributed by atoms with Crippen LogP contribution in [-0.4, -0.2) is 41.2 Å². The smallest absolute Gasteiger partial charge is 0.344 e. The number of rotatable bonds is 7. The summed E-state index contributed by atoms with van der Waals surface area (Å²) in [5.74, 6) is 5.93. The van der Waals surface area contributed by atoms with Gasteiger partial charge in [-0.3, -0.25) is 4.90 Å². The summed E-state index contributed by atoms with van der Waals surface area (Å²) in [6, 6.07) is 9.33. The van der Waals surface area contributed by atoms with Crippen LogP contribution in [0.4, 0.5) is 0 Å². The third-order valence-corrected chi connectivity index (χ3v) is 6.68. The highest BCUT2D eigenvalue weighted by molar-refractivity contribution is 5.85. The summed E-state index contributed by atoms with van der Waals surface area (Å²) in [5.41, 5.74) is -1.71. The van der Waals surface area contributed by atoms with Gasteiger partial charge in [-0.25, -0.2) is 4.79 Å². The molecule has 0 saturated heterocycles. The number of hydrogen-bond acceptors (Lipinski definition) is 4. The molecule has 0 aliphatic heterocycles. The van der Waals surface area contributed by atoms with Crippen LogP contribution < -0.4 is 0 Å². The van der Waals surface area contributed by atoms with Gasteiger partial charge >= 0.3 is 5.97 Å². The minimum atomic E-state index is -1.59. The van der Waals surface area contributed by atoms with Gasteiger partial charge in [0.1, 0.15) is 0 Å². The number of benzene rings is 1. The molecule has 0 aromatic heterocycles. The van der Waals surface area contributed by atoms with Gasteiger partial charge in [-0.2, -0.15) is 0 Å². The van der Waals surface area contributed by atoms with Gasteiger partial charge in [0, 0.05) is 5.92 Å². The molecule has 1 atom stereocenters. The second-order valence-corrected chi connectivity index (χ2v) is 8.47. The van der Waals surface area contributed by atoms with Crippen LogP contribution in [0.5, 0.6) is 0 Å². The van der Waals surface area contributed by atoms with E-state index in [1.807, 2.05) is 30.3 Å². The average molecular weight is 434 g/mol. The topological polar surface area (TPSA) is 49.8 Å². The van der Waals surface area contributed by atoms with Crippen LogP contribution in [0, 0.1) is 17.8 Å². The molecule has 0 amide bonds. The number of aliphatic hydroxyl groups is 1. The molecule has 2 aliphatic rings. The number of carbonyl (C=O) groups is 1. The molecule has 166 valence electrons. The molecular weight excluding hydrogens is 398 g/mol. The Morgan fingerprint density at radius 2 is 1.73 bits per heavy atom. The van der Waals surface area contributed by atoms with E-state index in [-0.39, 0.29) is 18.3 Å². The van der Waals surface area contributed by atoms with E-state index in [0.29, 0.717) is 12.1 Å². The van der Waals surface area contributed by atoms with Crippen LogP contribution in [0.25, 0.3) is 0 Å². The highest BCUT2D eigenvalue weighted by atomic mass is 35.5. The summed E-state index contributed by atoms with van der Waals surface area (Å²) in [6.45, 7) is 6.83. The second-order valence-electron chi connectivity index (χ2n) is 8.47. The van der Waals surface area contributed by atoms with Gasteiger partial charge in [-0.05, 0) is 57.2 Å². The van der Waals surface area contributed by atoms with Crippen LogP contribution in [0.2, 0.25) is 0 Å². The fourth-order valence-corrected chi connectivity index (χ4v) is 4.77. The molecule has 1 unspecified atom stereocenters. The molecule has 30 heavy (non-hydrogen) atoms. The molecule has 0 bridgehead atoms. The highest BCUT2D eigenvalue weighted by Gasteiger charge is 2.50. The van der Waals surface area contributed by atoms with Gasteiger partial charge in [0.2, 0.25) is 0 Å². The van der Waals surface area contributed by atoms with Crippen molar-refractivity contribution in [2.45, 2.75) is 76.4 Å². The van der Waals surface area contributed by atoms with Crippen molar-refractivity contribution in [3.63, 3.8) is 0 Å². The molecule has 0 radical (unpaired) electrons. The standard InChI is InChI=1S/C25H35NO3.ClH/c1-3-26(4-2)20-12-19-24(17-10-11-18-24)29-23(27)25(28,22-15-8-9-16-22)21-13-6-5-7-14-21;/h5-7,13-14,22,28H,3-4,8-11,15-18,20H2,1-2H3;1H. The number of nitrogens with zero attached hydrogens (tertiary/aromatic N) is 1. The third kappa shape index (κ3) is 5.38. The van der Waals surface area contributed by atoms with E-state index in [0.717, 1.165) is 64.5 Å². The first-order valence-electron chi connectivity index (χ1n) is 11.3. The Bertz CT molecular complexity index is 726. The van der Waals surface area contributed by atoms with E-state index in [4.69, 9.17) is 4.74 Å². The minimum Gasteiger partial charge on any atom is -0.443 e. The summed E-state index contributed by atoms with van der Waals surface area (Å²) in [6.07, 6.45) is 7.28. The Morgan fingerprint density at radius 1 is 1.13 bits per heavy atom. The first-order chi connectivity index (χ1) is 14.0. The van der Waals surface area contributed by atoms with Crippen LogP contribution in [-0.2, 0) is 15.1 Å². The number of esters is 1. The first kappa shape index (κ1) is 24.7. The zero-order chi connectivity index (χ0) is 20.7. The fraction of sp³-hybridized carbons (Fsp3) is 0.640. The van der Waals surface area contributed by atoms with Gasteiger partial charge in [-0.15, -0.1) is 12.4 Å². The van der Waals surface area contributed by atoms with Crippen molar-refractivity contribution in [1.82, 2.24) is 4.90 Å². The van der Waals surface area contributed by atoms with Crippen molar-refractivity contribution in [3.8, 4) is 11.8 Å². The van der Waals surface area contributed by atoms with Crippen molar-refractivity contribution < 1.29 is 14.6 Å². The SMILES string of the molecule is CCN(CC)CC#CC1(OC(=O)C(O)(c2ccccc2)C2CCCC2)CCCC1.Cl. The third-order valence-electron chi connectivity index (χ3n) is 6.68. The predicted octanol–water partition coefficient (Wildman–Crippen LogP) is 4.69. The number of hydrogen-bond donors (Lipinski definition) is 1. The molecule has 1 aromatic rings. The summed E-state index contributed by atoms with van der Waals surface area (Å²) >= 11 is 0. The highest BCUT2D eigenvalue weighted by Crippen LogP contribution is 2.43. The van der Waals surface area contributed by atoms with E-state index in [2.05, 4.69) is 30.6 Å². The maximum atomic E-state index is 13.5. The van der Waals surface area contributed by atoms with Crippen molar-refractivity contribution in [3.05, 3.63) is 35.9 Å². The van der Waals surface area contributed by atoms with Crippen LogP contribution in [0.15, 0.2) is 30.3 Å². The summed E-state index contributed by atoms with van der Waals surface area (Å²) < 4.78 is 6.10. The molecular formula is C25H36ClNO3. The molecule has 5 heteroatoms. The maximum absolute atomic E-state index is 13.5. The Balaban J connectivity index is 0.00000320. The lowest BCUT2D eigenvalue weighted by Crippen LogP contribution is -2.47. The zero-order valence-corrected chi connectivity index (χ0v) is 19.2. The Morgan fingerprint density at radius 3 is 2.30 bits per heavy atom. The van der Waals surface area contributed by atoms with E-state index in [9.17, 15) is 9.90 Å². The molecule has 0 spiro atoms. The number of ether oxygens (including phenoxy) is 1. The second kappa shape index (κ2) is 11.2. The van der Waals surface area contributed by atoms with Gasteiger partial charge in [0.15, 0.2) is 11.2 Å². The molecule has 4 nitrogen and oxygen atoms in total. The van der Waals surface area contributed by atoms with Gasteiger partial charge in [0.25, 0.3) is 0 Å². The van der Waals surface area contributed by atoms with Gasteiger partial charge in [-0.1, -0.05) is 68.9 Å². The monoisotopic (exact) mass is 433 g/mol. The fourth-order valence-electron chi connectivity index (χ4n) is 4.77. The lowest BCUT2D eigenvalue weighted by Gasteiger charge is -2.35. The molecule has 3 rings (SSSR count). The van der Waals surface area contributed by atoms with E-state index >= 15 is 0 Å². The van der Waals surface area contributed by atoms with Gasteiger partial charge in [0.05, 0.1) is 6.54 Å². The number of carbonyl (C=O) groups excluding carboxylic acids is 1. The lowest BCUT2D eigenvalue weighted by atomic mass is 9.80. The number of halogens is 1. The zero-order valence-electron chi connectivity index (χ0n) is 18.4. The summed E-state index contributed by atoms with van der Waals surface area (Å²) in [7, 11) is 0. The Hall–Kier alpha value is -1.54. The predicted molar refractivity (Wildman–Crippen MR) is 122 cm³/mol. The Labute approximate surface area is 187 Å². The average Bonchev–Trinajstić information content (AvgIpc) is 3.44. The van der Waals surface area contributed by atoms with E-state index in [1.54, 1.807) is 0 Å². The minimum absolute atomic E-state index is 0. The van der Waals surface area contributed by atoms with Crippen molar-refractivity contribution >= 4 is 18.4 Å². The molecule has 0 heterocycles. The maximum Gasteiger partial charge on any atom is 0.344 e. The summed E-state index contributed by atoms with van der Waals surface area (Å²) in [5, 5.41) is 11.7. The molecule has 2 aliphatic carbocycles. The summed E-state index contributed by atoms with van der Waals surface area (Å²) in [4.78, 5) is 15.7. The molecule has 1 aromatic carbocycles. The van der Waals surface area contributed by atoms with Crippen LogP contribution >= 0.6 is 12.4 Å². The molecule has 2 saturated carbocycles. The van der Waals surface area contributed by atoms with Crippen LogP contribution in [0.3, 0.4) is 0 Å². The quantitative estimate of drug-likeness (QED) is 0.500. The largest absolute Gasteiger partial charge is 0.443 e. The molecule has 2 fully saturated rings. The first-order valence-corrected chi connectivity index (χ1v) is 11.3. The van der Waals surface area contributed by atoms with Crippen molar-refractivity contribution in [2.24, 2.45) is 5.92 Å². The van der Waals surface area contributed by atoms with E-state index < -0.39 is 17.2 Å². The van der Waals surface area contributed by atoms with E-state index in [1.165, 1.54) is 0 Å². The van der Waals surface area contributed by atoms with Crippen LogP contribution in [0.1, 0.15) is 70.8 Å². The van der Waals surface area contributed by atoms with Crippen molar-refractivity contribution in [1.29, 1.82) is 0 Å². The normalized spacial score (nSPS) is 20.1.